The molecular formula is C36H54O12. The van der Waals surface area contributed by atoms with E-state index in [1.54, 1.807) is 33.8 Å². The number of rotatable bonds is 8. The molecule has 0 aromatic rings. The molecule has 0 spiro atoms. The van der Waals surface area contributed by atoms with Gasteiger partial charge in [0.05, 0.1) is 23.7 Å². The number of hydrogen-bond acceptors (Lipinski definition) is 12. The molecule has 5 aliphatic rings. The fraction of sp³-hybridized carbons (Fsp3) is 0.806. The average molecular weight is 679 g/mol. The number of hydrogen-bond donors (Lipinski definition) is 7. The zero-order valence-corrected chi connectivity index (χ0v) is 29.3. The van der Waals surface area contributed by atoms with Crippen LogP contribution in [0.4, 0.5) is 0 Å². The van der Waals surface area contributed by atoms with Crippen LogP contribution in [0.3, 0.4) is 0 Å². The molecule has 3 fully saturated rings. The van der Waals surface area contributed by atoms with Gasteiger partial charge in [0.2, 0.25) is 12.1 Å². The lowest BCUT2D eigenvalue weighted by Gasteiger charge is -2.63. The second-order valence-corrected chi connectivity index (χ2v) is 17.1. The fourth-order valence-corrected chi connectivity index (χ4v) is 10.2. The topological polar surface area (TPSA) is 211 Å². The van der Waals surface area contributed by atoms with E-state index in [4.69, 9.17) is 9.47 Å². The third-order valence-electron chi connectivity index (χ3n) is 13.2. The van der Waals surface area contributed by atoms with Gasteiger partial charge in [-0.05, 0) is 76.7 Å². The molecule has 4 aliphatic carbocycles. The number of aliphatic hydroxyl groups excluding tert-OH is 5. The highest BCUT2D eigenvalue weighted by Gasteiger charge is 2.74. The van der Waals surface area contributed by atoms with Crippen molar-refractivity contribution >= 4 is 17.3 Å². The first-order valence-corrected chi connectivity index (χ1v) is 17.0. The molecule has 0 bridgehead atoms. The number of carbonyl (C=O) groups excluding carboxylic acids is 3. The smallest absolute Gasteiger partial charge is 0.229 e. The van der Waals surface area contributed by atoms with Crippen molar-refractivity contribution in [2.75, 3.05) is 6.61 Å². The molecule has 1 aliphatic heterocycles. The van der Waals surface area contributed by atoms with Crippen LogP contribution in [0.1, 0.15) is 87.5 Å². The van der Waals surface area contributed by atoms with E-state index in [1.165, 1.54) is 6.92 Å². The van der Waals surface area contributed by atoms with Crippen LogP contribution in [0.25, 0.3) is 0 Å². The van der Waals surface area contributed by atoms with Crippen molar-refractivity contribution in [3.63, 3.8) is 0 Å². The van der Waals surface area contributed by atoms with Crippen LogP contribution in [0, 0.1) is 39.4 Å². The predicted octanol–water partition coefficient (Wildman–Crippen LogP) is 1.10. The van der Waals surface area contributed by atoms with Gasteiger partial charge in [0.25, 0.3) is 0 Å². The molecular weight excluding hydrogens is 624 g/mol. The summed E-state index contributed by atoms with van der Waals surface area (Å²) >= 11 is 0. The summed E-state index contributed by atoms with van der Waals surface area (Å²) in [5.41, 5.74) is -6.30. The molecule has 13 atom stereocenters. The van der Waals surface area contributed by atoms with E-state index in [2.05, 4.69) is 0 Å². The van der Waals surface area contributed by atoms with E-state index in [9.17, 15) is 50.1 Å². The summed E-state index contributed by atoms with van der Waals surface area (Å²) in [6.07, 6.45) is -4.80. The predicted molar refractivity (Wildman–Crippen MR) is 171 cm³/mol. The summed E-state index contributed by atoms with van der Waals surface area (Å²) in [5, 5.41) is 74.5. The number of ketones is 3. The number of Topliss-reactive ketones (excluding diaryl/α,β-unsaturated/α-hetero) is 3. The van der Waals surface area contributed by atoms with Gasteiger partial charge in [0.15, 0.2) is 11.5 Å². The molecule has 0 radical (unpaired) electrons. The van der Waals surface area contributed by atoms with Crippen LogP contribution in [-0.2, 0) is 23.9 Å². The van der Waals surface area contributed by atoms with Crippen molar-refractivity contribution in [2.24, 2.45) is 39.4 Å². The van der Waals surface area contributed by atoms with E-state index in [0.29, 0.717) is 6.42 Å². The number of fused-ring (bicyclic) bond motifs is 5. The Bertz CT molecular complexity index is 1410. The second kappa shape index (κ2) is 11.8. The minimum Gasteiger partial charge on any atom is -0.459 e. The Labute approximate surface area is 281 Å². The first-order chi connectivity index (χ1) is 21.9. The highest BCUT2D eigenvalue weighted by Crippen LogP contribution is 2.74. The first-order valence-electron chi connectivity index (χ1n) is 17.0. The first kappa shape index (κ1) is 37.2. The van der Waals surface area contributed by atoms with Gasteiger partial charge in [-0.25, -0.2) is 0 Å². The minimum atomic E-state index is -1.97. The SMILES string of the molecule is CC(C)(O)CCC(=O)C(C)(O)C1C(O)CC2(C)C3CC=C4C(C=C(OC5OC(CO)C(O)C(O)C5O)C(=O)C4(C)C)C3(C)C(=O)CC12C. The van der Waals surface area contributed by atoms with Crippen molar-refractivity contribution in [1.29, 1.82) is 0 Å². The van der Waals surface area contributed by atoms with Gasteiger partial charge in [-0.1, -0.05) is 32.4 Å². The normalized spacial score (nSPS) is 45.3. The molecule has 0 amide bonds. The summed E-state index contributed by atoms with van der Waals surface area (Å²) in [4.78, 5) is 42.0. The largest absolute Gasteiger partial charge is 0.459 e. The average Bonchev–Trinajstić information content (AvgIpc) is 3.19. The zero-order valence-electron chi connectivity index (χ0n) is 29.3. The molecule has 1 heterocycles. The van der Waals surface area contributed by atoms with Crippen molar-refractivity contribution in [1.82, 2.24) is 0 Å². The molecule has 7 N–H and O–H groups in total. The number of carbonyl (C=O) groups is 3. The molecule has 1 saturated heterocycles. The van der Waals surface area contributed by atoms with E-state index in [-0.39, 0.29) is 43.1 Å². The number of ether oxygens (including phenoxy) is 2. The Balaban J connectivity index is 1.53. The monoisotopic (exact) mass is 678 g/mol. The van der Waals surface area contributed by atoms with Crippen molar-refractivity contribution < 1.29 is 59.6 Å². The Kier molecular flexibility index (Phi) is 9.12. The molecule has 12 nitrogen and oxygen atoms in total. The summed E-state index contributed by atoms with van der Waals surface area (Å²) in [6.45, 7) is 13.1. The van der Waals surface area contributed by atoms with Crippen molar-refractivity contribution in [3.05, 3.63) is 23.5 Å². The zero-order chi connectivity index (χ0) is 36.2. The highest BCUT2D eigenvalue weighted by atomic mass is 16.7. The lowest BCUT2D eigenvalue weighted by molar-refractivity contribution is -0.291. The third kappa shape index (κ3) is 5.28. The summed E-state index contributed by atoms with van der Waals surface area (Å²) in [5.74, 6) is -3.21. The van der Waals surface area contributed by atoms with Crippen LogP contribution in [0.15, 0.2) is 23.5 Å². The maximum absolute atomic E-state index is 14.7. The van der Waals surface area contributed by atoms with Crippen LogP contribution < -0.4 is 0 Å². The second-order valence-electron chi connectivity index (χ2n) is 17.1. The fourth-order valence-electron chi connectivity index (χ4n) is 10.2. The maximum Gasteiger partial charge on any atom is 0.229 e. The van der Waals surface area contributed by atoms with Crippen LogP contribution in [0.2, 0.25) is 0 Å². The molecule has 48 heavy (non-hydrogen) atoms. The molecule has 13 unspecified atom stereocenters. The van der Waals surface area contributed by atoms with Crippen molar-refractivity contribution in [2.45, 2.75) is 136 Å². The van der Waals surface area contributed by atoms with Gasteiger partial charge in [0, 0.05) is 30.1 Å². The van der Waals surface area contributed by atoms with Crippen LogP contribution >= 0.6 is 0 Å². The lowest BCUT2D eigenvalue weighted by Crippen LogP contribution is -2.64. The van der Waals surface area contributed by atoms with E-state index in [1.807, 2.05) is 26.8 Å². The third-order valence-corrected chi connectivity index (χ3v) is 13.2. The number of allylic oxidation sites excluding steroid dienone is 4. The Hall–Kier alpha value is -2.03. The summed E-state index contributed by atoms with van der Waals surface area (Å²) in [7, 11) is 0. The highest BCUT2D eigenvalue weighted by molar-refractivity contribution is 6.02. The van der Waals surface area contributed by atoms with Gasteiger partial charge in [-0.3, -0.25) is 14.4 Å². The van der Waals surface area contributed by atoms with Gasteiger partial charge in [-0.2, -0.15) is 0 Å². The van der Waals surface area contributed by atoms with Gasteiger partial charge < -0.3 is 45.2 Å². The van der Waals surface area contributed by atoms with Crippen LogP contribution in [-0.4, -0.2) is 108 Å². The Morgan fingerprint density at radius 2 is 1.60 bits per heavy atom. The van der Waals surface area contributed by atoms with E-state index in [0.717, 1.165) is 5.57 Å². The van der Waals surface area contributed by atoms with Crippen LogP contribution in [0.5, 0.6) is 0 Å². The van der Waals surface area contributed by atoms with Crippen molar-refractivity contribution in [3.8, 4) is 0 Å². The standard InChI is InChI=1S/C36H54O12/c1-31(2,45)12-11-23(39)36(8,46)28-19(38)14-33(5)22-10-9-17-18(35(22,7)24(40)15-34(28,33)6)13-20(29(44)32(17,3)4)47-30-27(43)26(42)25(41)21(16-37)48-30/h9,13,18-19,21-22,25-28,30,37-38,41-43,45-46H,10-12,14-16H2,1-8H3. The molecule has 12 heteroatoms. The summed E-state index contributed by atoms with van der Waals surface area (Å²) < 4.78 is 11.5. The van der Waals surface area contributed by atoms with Gasteiger partial charge in [-0.15, -0.1) is 0 Å². The number of aliphatic hydroxyl groups is 7. The minimum absolute atomic E-state index is 0.0396. The lowest BCUT2D eigenvalue weighted by atomic mass is 9.39. The molecule has 2 saturated carbocycles. The molecule has 270 valence electrons. The van der Waals surface area contributed by atoms with E-state index >= 15 is 0 Å². The van der Waals surface area contributed by atoms with Gasteiger partial charge >= 0.3 is 0 Å². The maximum atomic E-state index is 14.7. The summed E-state index contributed by atoms with van der Waals surface area (Å²) in [6, 6.07) is 0. The molecule has 0 aromatic heterocycles. The molecule has 0 aromatic carbocycles. The Morgan fingerprint density at radius 1 is 0.979 bits per heavy atom. The Morgan fingerprint density at radius 3 is 2.19 bits per heavy atom. The quantitative estimate of drug-likeness (QED) is 0.180. The van der Waals surface area contributed by atoms with E-state index < -0.39 is 99.7 Å². The van der Waals surface area contributed by atoms with Gasteiger partial charge in [0.1, 0.15) is 35.8 Å². The molecule has 5 rings (SSSR count).